The van der Waals surface area contributed by atoms with Crippen molar-refractivity contribution in [3.8, 4) is 0 Å². The highest BCUT2D eigenvalue weighted by molar-refractivity contribution is 5.53. The van der Waals surface area contributed by atoms with Crippen LogP contribution in [0.1, 0.15) is 43.0 Å². The van der Waals surface area contributed by atoms with Crippen LogP contribution in [0, 0.1) is 5.92 Å². The van der Waals surface area contributed by atoms with Crippen LogP contribution in [0.15, 0.2) is 36.5 Å². The Morgan fingerprint density at radius 3 is 2.90 bits per heavy atom. The predicted octanol–water partition coefficient (Wildman–Crippen LogP) is 3.83. The maximum atomic E-state index is 4.83. The third-order valence-electron chi connectivity index (χ3n) is 4.97. The van der Waals surface area contributed by atoms with Crippen molar-refractivity contribution in [3.05, 3.63) is 47.8 Å². The molecule has 1 unspecified atom stereocenters. The van der Waals surface area contributed by atoms with Gasteiger partial charge in [0.25, 0.3) is 0 Å². The van der Waals surface area contributed by atoms with Gasteiger partial charge in [0.1, 0.15) is 0 Å². The fourth-order valence-electron chi connectivity index (χ4n) is 3.81. The lowest BCUT2D eigenvalue weighted by Crippen LogP contribution is -2.25. The van der Waals surface area contributed by atoms with Gasteiger partial charge in [-0.15, -0.1) is 0 Å². The Hall–Kier alpha value is -1.77. The maximum absolute atomic E-state index is 4.83. The van der Waals surface area contributed by atoms with Gasteiger partial charge in [0.05, 0.1) is 11.7 Å². The Balaban J connectivity index is 1.43. The summed E-state index contributed by atoms with van der Waals surface area (Å²) in [5.41, 5.74) is 4.02. The van der Waals surface area contributed by atoms with E-state index in [1.54, 1.807) is 0 Å². The van der Waals surface area contributed by atoms with Crippen LogP contribution in [0.25, 0.3) is 0 Å². The maximum Gasteiger partial charge on any atom is 0.0628 e. The standard InChI is InChI=1S/C18H23N3/c1-4-8-18-15(5-1)11-14(13-19-18)12-16-9-10-21(20-16)17-6-2-3-7-17/h1,4-5,8-10,14,17,19H,2-3,6-7,11-13H2. The fourth-order valence-corrected chi connectivity index (χ4v) is 3.81. The molecule has 0 amide bonds. The van der Waals surface area contributed by atoms with Crippen molar-refractivity contribution < 1.29 is 0 Å². The van der Waals surface area contributed by atoms with Crippen molar-refractivity contribution in [2.45, 2.75) is 44.6 Å². The lowest BCUT2D eigenvalue weighted by molar-refractivity contribution is 0.454. The summed E-state index contributed by atoms with van der Waals surface area (Å²) in [6, 6.07) is 11.5. The van der Waals surface area contributed by atoms with Gasteiger partial charge in [0, 0.05) is 18.4 Å². The van der Waals surface area contributed by atoms with Crippen LogP contribution < -0.4 is 5.32 Å². The van der Waals surface area contributed by atoms with Crippen molar-refractivity contribution >= 4 is 5.69 Å². The SMILES string of the molecule is c1ccc2c(c1)CC(Cc1ccn(C3CCCC3)n1)CN2. The van der Waals surface area contributed by atoms with Crippen LogP contribution in [-0.4, -0.2) is 16.3 Å². The van der Waals surface area contributed by atoms with Crippen LogP contribution >= 0.6 is 0 Å². The van der Waals surface area contributed by atoms with E-state index in [0.717, 1.165) is 13.0 Å². The molecular weight excluding hydrogens is 258 g/mol. The Labute approximate surface area is 126 Å². The van der Waals surface area contributed by atoms with Crippen LogP contribution in [0.4, 0.5) is 5.69 Å². The zero-order valence-electron chi connectivity index (χ0n) is 12.5. The number of benzene rings is 1. The Kier molecular flexibility index (Phi) is 3.42. The summed E-state index contributed by atoms with van der Waals surface area (Å²) in [4.78, 5) is 0. The molecule has 4 rings (SSSR count). The molecule has 2 aromatic rings. The smallest absolute Gasteiger partial charge is 0.0628 e. The molecule has 0 spiro atoms. The number of nitrogens with one attached hydrogen (secondary N) is 1. The Morgan fingerprint density at radius 1 is 1.14 bits per heavy atom. The second kappa shape index (κ2) is 5.55. The van der Waals surface area contributed by atoms with Crippen molar-refractivity contribution in [2.24, 2.45) is 5.92 Å². The lowest BCUT2D eigenvalue weighted by Gasteiger charge is -2.25. The summed E-state index contributed by atoms with van der Waals surface area (Å²) >= 11 is 0. The van der Waals surface area contributed by atoms with Crippen molar-refractivity contribution in [1.82, 2.24) is 9.78 Å². The van der Waals surface area contributed by atoms with Gasteiger partial charge in [-0.05, 0) is 49.3 Å². The second-order valence-electron chi connectivity index (χ2n) is 6.54. The number of anilines is 1. The summed E-state index contributed by atoms with van der Waals surface area (Å²) in [6.07, 6.45) is 9.78. The Bertz CT molecular complexity index is 610. The van der Waals surface area contributed by atoms with Gasteiger partial charge >= 0.3 is 0 Å². The average molecular weight is 281 g/mol. The van der Waals surface area contributed by atoms with E-state index in [0.29, 0.717) is 12.0 Å². The minimum absolute atomic E-state index is 0.656. The summed E-state index contributed by atoms with van der Waals surface area (Å²) in [5.74, 6) is 0.659. The molecular formula is C18H23N3. The van der Waals surface area contributed by atoms with Gasteiger partial charge in [-0.25, -0.2) is 0 Å². The van der Waals surface area contributed by atoms with Gasteiger partial charge in [-0.1, -0.05) is 31.0 Å². The molecule has 21 heavy (non-hydrogen) atoms. The van der Waals surface area contributed by atoms with Crippen molar-refractivity contribution in [1.29, 1.82) is 0 Å². The van der Waals surface area contributed by atoms with Crippen LogP contribution in [0.3, 0.4) is 0 Å². The third-order valence-corrected chi connectivity index (χ3v) is 4.97. The fraction of sp³-hybridized carbons (Fsp3) is 0.500. The summed E-state index contributed by atoms with van der Waals surface area (Å²) in [6.45, 7) is 1.06. The number of hydrogen-bond donors (Lipinski definition) is 1. The molecule has 2 aliphatic rings. The quantitative estimate of drug-likeness (QED) is 0.926. The number of fused-ring (bicyclic) bond motifs is 1. The molecule has 0 saturated heterocycles. The summed E-state index contributed by atoms with van der Waals surface area (Å²) in [5, 5.41) is 8.39. The molecule has 1 saturated carbocycles. The van der Waals surface area contributed by atoms with Crippen LogP contribution in [0.5, 0.6) is 0 Å². The highest BCUT2D eigenvalue weighted by atomic mass is 15.3. The van der Waals surface area contributed by atoms with Gasteiger partial charge in [0.2, 0.25) is 0 Å². The molecule has 0 bridgehead atoms. The summed E-state index contributed by atoms with van der Waals surface area (Å²) < 4.78 is 2.21. The molecule has 1 aliphatic heterocycles. The van der Waals surface area contributed by atoms with E-state index in [1.807, 2.05) is 0 Å². The monoisotopic (exact) mass is 281 g/mol. The van der Waals surface area contributed by atoms with E-state index in [2.05, 4.69) is 46.5 Å². The molecule has 1 fully saturated rings. The highest BCUT2D eigenvalue weighted by Gasteiger charge is 2.21. The normalized spacial score (nSPS) is 22.0. The average Bonchev–Trinajstić information content (AvgIpc) is 3.18. The highest BCUT2D eigenvalue weighted by Crippen LogP contribution is 2.29. The first-order valence-electron chi connectivity index (χ1n) is 8.24. The predicted molar refractivity (Wildman–Crippen MR) is 85.6 cm³/mol. The van der Waals surface area contributed by atoms with Gasteiger partial charge < -0.3 is 5.32 Å². The molecule has 1 atom stereocenters. The van der Waals surface area contributed by atoms with Gasteiger partial charge in [-0.3, -0.25) is 4.68 Å². The van der Waals surface area contributed by atoms with Crippen LogP contribution in [-0.2, 0) is 12.8 Å². The van der Waals surface area contributed by atoms with E-state index in [1.165, 1.54) is 49.0 Å². The zero-order chi connectivity index (χ0) is 14.1. The van der Waals surface area contributed by atoms with Crippen LogP contribution in [0.2, 0.25) is 0 Å². The summed E-state index contributed by atoms with van der Waals surface area (Å²) in [7, 11) is 0. The first-order valence-corrected chi connectivity index (χ1v) is 8.24. The third kappa shape index (κ3) is 2.69. The van der Waals surface area contributed by atoms with Gasteiger partial charge in [-0.2, -0.15) is 5.10 Å². The second-order valence-corrected chi connectivity index (χ2v) is 6.54. The number of hydrogen-bond acceptors (Lipinski definition) is 2. The number of rotatable bonds is 3. The molecule has 3 heteroatoms. The number of para-hydroxylation sites is 1. The zero-order valence-corrected chi connectivity index (χ0v) is 12.5. The van der Waals surface area contributed by atoms with E-state index in [9.17, 15) is 0 Å². The van der Waals surface area contributed by atoms with Crippen molar-refractivity contribution in [2.75, 3.05) is 11.9 Å². The minimum Gasteiger partial charge on any atom is -0.385 e. The number of nitrogens with zero attached hydrogens (tertiary/aromatic N) is 2. The molecule has 3 nitrogen and oxygen atoms in total. The largest absolute Gasteiger partial charge is 0.385 e. The lowest BCUT2D eigenvalue weighted by atomic mass is 9.90. The molecule has 1 aliphatic carbocycles. The molecule has 2 heterocycles. The van der Waals surface area contributed by atoms with E-state index < -0.39 is 0 Å². The first-order chi connectivity index (χ1) is 10.4. The van der Waals surface area contributed by atoms with E-state index >= 15 is 0 Å². The topological polar surface area (TPSA) is 29.9 Å². The number of aromatic nitrogens is 2. The first kappa shape index (κ1) is 12.9. The minimum atomic E-state index is 0.656. The van der Waals surface area contributed by atoms with Crippen molar-refractivity contribution in [3.63, 3.8) is 0 Å². The van der Waals surface area contributed by atoms with Gasteiger partial charge in [0.15, 0.2) is 0 Å². The molecule has 1 aromatic carbocycles. The molecule has 1 N–H and O–H groups in total. The molecule has 0 radical (unpaired) electrons. The van der Waals surface area contributed by atoms with E-state index in [-0.39, 0.29) is 0 Å². The molecule has 1 aromatic heterocycles. The Morgan fingerprint density at radius 2 is 2.00 bits per heavy atom. The molecule has 110 valence electrons. The van der Waals surface area contributed by atoms with E-state index in [4.69, 9.17) is 5.10 Å².